The first-order valence-corrected chi connectivity index (χ1v) is 14.6. The molecule has 0 radical (unpaired) electrons. The highest BCUT2D eigenvalue weighted by Gasteiger charge is 2.33. The van der Waals surface area contributed by atoms with Crippen molar-refractivity contribution in [2.75, 3.05) is 37.7 Å². The van der Waals surface area contributed by atoms with E-state index in [1.807, 2.05) is 19.1 Å². The summed E-state index contributed by atoms with van der Waals surface area (Å²) in [4.78, 5) is 40.3. The van der Waals surface area contributed by atoms with Crippen molar-refractivity contribution in [3.05, 3.63) is 73.8 Å². The Balaban J connectivity index is 1.18. The number of nitrogens with one attached hydrogen (secondary N) is 1. The molecule has 0 aliphatic carbocycles. The Kier molecular flexibility index (Phi) is 9.21. The van der Waals surface area contributed by atoms with Gasteiger partial charge in [-0.3, -0.25) is 19.1 Å². The molecular formula is C29H32ClN3O6S. The number of pyridine rings is 1. The number of carbonyl (C=O) groups excluding carboxylic acids is 2. The van der Waals surface area contributed by atoms with E-state index >= 15 is 0 Å². The number of anilines is 1. The lowest BCUT2D eigenvalue weighted by atomic mass is 10.1. The summed E-state index contributed by atoms with van der Waals surface area (Å²) in [5.41, 5.74) is 1.92. The third-order valence-electron chi connectivity index (χ3n) is 7.01. The normalized spacial score (nSPS) is 18.8. The Morgan fingerprint density at radius 2 is 2.08 bits per heavy atom. The van der Waals surface area contributed by atoms with Crippen molar-refractivity contribution >= 4 is 40.5 Å². The number of Topliss-reactive ketones (excluding diaryl/α,β-unsaturated/α-hetero) is 1. The molecule has 1 N–H and O–H groups in total. The number of amides is 1. The van der Waals surface area contributed by atoms with Gasteiger partial charge in [0.1, 0.15) is 12.7 Å². The van der Waals surface area contributed by atoms with E-state index < -0.39 is 6.09 Å². The van der Waals surface area contributed by atoms with E-state index in [1.165, 1.54) is 11.3 Å². The largest absolute Gasteiger partial charge is 0.487 e. The van der Waals surface area contributed by atoms with Gasteiger partial charge in [-0.25, -0.2) is 4.79 Å². The number of ether oxygens (including phenoxy) is 3. The molecule has 9 nitrogen and oxygen atoms in total. The molecule has 212 valence electrons. The average Bonchev–Trinajstić information content (AvgIpc) is 3.70. The van der Waals surface area contributed by atoms with E-state index in [1.54, 1.807) is 46.0 Å². The van der Waals surface area contributed by atoms with Crippen LogP contribution in [0.25, 0.3) is 5.69 Å². The van der Waals surface area contributed by atoms with E-state index in [-0.39, 0.29) is 35.7 Å². The van der Waals surface area contributed by atoms with Crippen molar-refractivity contribution in [2.45, 2.75) is 44.8 Å². The third kappa shape index (κ3) is 6.75. The number of cyclic esters (lactones) is 1. The van der Waals surface area contributed by atoms with Gasteiger partial charge in [0.2, 0.25) is 0 Å². The maximum absolute atomic E-state index is 13.1. The summed E-state index contributed by atoms with van der Waals surface area (Å²) >= 11 is 7.17. The summed E-state index contributed by atoms with van der Waals surface area (Å²) in [6.45, 7) is 4.82. The van der Waals surface area contributed by atoms with Crippen LogP contribution in [0.15, 0.2) is 53.5 Å². The molecule has 4 heterocycles. The van der Waals surface area contributed by atoms with Crippen molar-refractivity contribution < 1.29 is 23.8 Å². The van der Waals surface area contributed by atoms with Crippen LogP contribution in [0, 0.1) is 6.92 Å². The summed E-state index contributed by atoms with van der Waals surface area (Å²) in [7, 11) is 0. The zero-order chi connectivity index (χ0) is 28.1. The molecule has 2 aliphatic heterocycles. The number of aromatic nitrogens is 1. The minimum atomic E-state index is -0.454. The van der Waals surface area contributed by atoms with Crippen molar-refractivity contribution in [1.82, 2.24) is 9.88 Å². The Hall–Kier alpha value is -3.18. The van der Waals surface area contributed by atoms with Crippen molar-refractivity contribution in [2.24, 2.45) is 0 Å². The number of benzene rings is 1. The maximum atomic E-state index is 13.1. The number of aryl methyl sites for hydroxylation is 1. The molecule has 1 amide bonds. The van der Waals surface area contributed by atoms with Gasteiger partial charge in [-0.2, -0.15) is 0 Å². The SMILES string of the molecule is Cc1cc(N2C[C@H](CCC(=O)c3ccc(Cl)s3)OC2=O)ccc1-n1cccc(OCCNCC2CCCO2)c1=O. The van der Waals surface area contributed by atoms with Crippen LogP contribution in [0.3, 0.4) is 0 Å². The van der Waals surface area contributed by atoms with Crippen LogP contribution >= 0.6 is 22.9 Å². The topological polar surface area (TPSA) is 99.1 Å². The van der Waals surface area contributed by atoms with Gasteiger partial charge in [-0.05, 0) is 74.2 Å². The van der Waals surface area contributed by atoms with Gasteiger partial charge in [0, 0.05) is 38.0 Å². The number of halogens is 1. The Morgan fingerprint density at radius 1 is 1.20 bits per heavy atom. The van der Waals surface area contributed by atoms with Gasteiger partial charge < -0.3 is 19.5 Å². The molecule has 0 saturated carbocycles. The summed E-state index contributed by atoms with van der Waals surface area (Å²) < 4.78 is 19.0. The highest BCUT2D eigenvalue weighted by Crippen LogP contribution is 2.28. The standard InChI is InChI=1S/C29H32ClN3O6S/c1-19-16-20(33-18-22(39-29(33)36)7-9-24(34)26-10-11-27(30)40-26)6-8-23(19)32-13-2-5-25(28(32)35)38-15-12-31-17-21-4-3-14-37-21/h2,5-6,8,10-11,13,16,21-22,31H,3-4,7,9,12,14-15,17-18H2,1H3/t21?,22-/m0/s1. The third-order valence-corrected chi connectivity index (χ3v) is 8.28. The van der Waals surface area contributed by atoms with Crippen LogP contribution in [0.4, 0.5) is 10.5 Å². The van der Waals surface area contributed by atoms with E-state index in [0.717, 1.165) is 31.6 Å². The van der Waals surface area contributed by atoms with Crippen LogP contribution in [0.1, 0.15) is 40.9 Å². The zero-order valence-electron chi connectivity index (χ0n) is 22.3. The van der Waals surface area contributed by atoms with E-state index in [4.69, 9.17) is 25.8 Å². The molecule has 40 heavy (non-hydrogen) atoms. The Labute approximate surface area is 241 Å². The van der Waals surface area contributed by atoms with Crippen LogP contribution in [-0.4, -0.2) is 61.5 Å². The molecule has 2 aliphatic rings. The molecule has 2 fully saturated rings. The van der Waals surface area contributed by atoms with E-state index in [0.29, 0.717) is 46.7 Å². The molecule has 3 aromatic rings. The molecule has 5 rings (SSSR count). The summed E-state index contributed by atoms with van der Waals surface area (Å²) in [5, 5.41) is 3.31. The fourth-order valence-corrected chi connectivity index (χ4v) is 5.93. The number of hydrogen-bond donors (Lipinski definition) is 1. The molecule has 0 bridgehead atoms. The molecule has 1 aromatic carbocycles. The molecule has 2 saturated heterocycles. The van der Waals surface area contributed by atoms with Gasteiger partial charge >= 0.3 is 6.09 Å². The quantitative estimate of drug-likeness (QED) is 0.236. The van der Waals surface area contributed by atoms with E-state index in [9.17, 15) is 14.4 Å². The van der Waals surface area contributed by atoms with E-state index in [2.05, 4.69) is 5.32 Å². The van der Waals surface area contributed by atoms with Crippen molar-refractivity contribution in [3.63, 3.8) is 0 Å². The maximum Gasteiger partial charge on any atom is 0.414 e. The van der Waals surface area contributed by atoms with Crippen LogP contribution in [-0.2, 0) is 9.47 Å². The monoisotopic (exact) mass is 585 g/mol. The molecule has 2 atom stereocenters. The molecule has 0 spiro atoms. The highest BCUT2D eigenvalue weighted by atomic mass is 35.5. The summed E-state index contributed by atoms with van der Waals surface area (Å²) in [6, 6.07) is 12.3. The molecule has 1 unspecified atom stereocenters. The van der Waals surface area contributed by atoms with Gasteiger partial charge in [0.25, 0.3) is 5.56 Å². The zero-order valence-corrected chi connectivity index (χ0v) is 23.8. The summed E-state index contributed by atoms with van der Waals surface area (Å²) in [6.07, 6.45) is 3.99. The summed E-state index contributed by atoms with van der Waals surface area (Å²) in [5.74, 6) is 0.258. The van der Waals surface area contributed by atoms with Crippen LogP contribution < -0.4 is 20.5 Å². The smallest absolute Gasteiger partial charge is 0.414 e. The number of rotatable bonds is 12. The second kappa shape index (κ2) is 13.0. The van der Waals surface area contributed by atoms with Gasteiger partial charge in [-0.1, -0.05) is 11.6 Å². The fraction of sp³-hybridized carbons (Fsp3) is 0.414. The minimum Gasteiger partial charge on any atom is -0.487 e. The second-order valence-corrected chi connectivity index (χ2v) is 11.6. The lowest BCUT2D eigenvalue weighted by Crippen LogP contribution is -2.30. The number of carbonyl (C=O) groups is 2. The number of nitrogens with zero attached hydrogens (tertiary/aromatic N) is 2. The van der Waals surface area contributed by atoms with Gasteiger partial charge in [-0.15, -0.1) is 11.3 Å². The molecule has 11 heteroatoms. The van der Waals surface area contributed by atoms with Crippen LogP contribution in [0.2, 0.25) is 4.34 Å². The highest BCUT2D eigenvalue weighted by molar-refractivity contribution is 7.18. The predicted molar refractivity (Wildman–Crippen MR) is 155 cm³/mol. The number of ketones is 1. The lowest BCUT2D eigenvalue weighted by molar-refractivity contribution is 0.0943. The Bertz CT molecular complexity index is 1420. The Morgan fingerprint density at radius 3 is 2.83 bits per heavy atom. The van der Waals surface area contributed by atoms with Gasteiger partial charge in [0.05, 0.1) is 27.5 Å². The van der Waals surface area contributed by atoms with Crippen molar-refractivity contribution in [1.29, 1.82) is 0 Å². The second-order valence-electron chi connectivity index (χ2n) is 9.89. The first-order chi connectivity index (χ1) is 19.4. The fourth-order valence-electron chi connectivity index (χ4n) is 4.92. The van der Waals surface area contributed by atoms with Crippen LogP contribution in [0.5, 0.6) is 5.75 Å². The first-order valence-electron chi connectivity index (χ1n) is 13.4. The first kappa shape index (κ1) is 28.4. The predicted octanol–water partition coefficient (Wildman–Crippen LogP) is 5.00. The van der Waals surface area contributed by atoms with Crippen molar-refractivity contribution in [3.8, 4) is 11.4 Å². The average molecular weight is 586 g/mol. The lowest BCUT2D eigenvalue weighted by Gasteiger charge is -2.17. The van der Waals surface area contributed by atoms with Gasteiger partial charge in [0.15, 0.2) is 11.5 Å². The minimum absolute atomic E-state index is 0.0156. The number of thiophene rings is 1. The number of hydrogen-bond acceptors (Lipinski definition) is 8. The molecular weight excluding hydrogens is 554 g/mol. The molecule has 2 aromatic heterocycles.